The molecule has 1 saturated heterocycles. The van der Waals surface area contributed by atoms with E-state index in [0.29, 0.717) is 17.7 Å². The Balaban J connectivity index is 1.74. The minimum Gasteiger partial charge on any atom is -0.435 e. The van der Waals surface area contributed by atoms with E-state index in [9.17, 15) is 17.2 Å². The van der Waals surface area contributed by atoms with Crippen molar-refractivity contribution in [3.8, 4) is 5.75 Å². The molecule has 1 aliphatic carbocycles. The van der Waals surface area contributed by atoms with Crippen LogP contribution in [0.25, 0.3) is 6.08 Å². The van der Waals surface area contributed by atoms with E-state index in [4.69, 9.17) is 0 Å². The third-order valence-corrected chi connectivity index (χ3v) is 6.57. The molecule has 0 saturated carbocycles. The number of sulfonamides is 1. The number of hydrogen-bond donors (Lipinski definition) is 1. The summed E-state index contributed by atoms with van der Waals surface area (Å²) in [5.74, 6) is 0.0958. The van der Waals surface area contributed by atoms with E-state index in [1.807, 2.05) is 0 Å². The molecule has 1 aliphatic heterocycles. The molecule has 8 heteroatoms. The van der Waals surface area contributed by atoms with Crippen LogP contribution in [0.3, 0.4) is 0 Å². The molecule has 2 aliphatic rings. The lowest BCUT2D eigenvalue weighted by Gasteiger charge is -2.32. The lowest BCUT2D eigenvalue weighted by molar-refractivity contribution is -0.0498. The van der Waals surface area contributed by atoms with E-state index in [2.05, 4.69) is 21.3 Å². The van der Waals surface area contributed by atoms with Gasteiger partial charge in [-0.05, 0) is 68.1 Å². The Morgan fingerprint density at radius 2 is 2.15 bits per heavy atom. The van der Waals surface area contributed by atoms with Crippen molar-refractivity contribution in [3.63, 3.8) is 0 Å². The summed E-state index contributed by atoms with van der Waals surface area (Å²) in [6, 6.07) is 4.54. The van der Waals surface area contributed by atoms with Gasteiger partial charge in [0.05, 0.1) is 4.91 Å². The Morgan fingerprint density at radius 3 is 2.88 bits per heavy atom. The monoisotopic (exact) mass is 386 g/mol. The maximum absolute atomic E-state index is 12.7. The summed E-state index contributed by atoms with van der Waals surface area (Å²) >= 11 is 0. The summed E-state index contributed by atoms with van der Waals surface area (Å²) in [4.78, 5) is 2.59. The molecule has 1 atom stereocenters. The van der Waals surface area contributed by atoms with Crippen molar-refractivity contribution < 1.29 is 21.9 Å². The molecule has 144 valence electrons. The number of likely N-dealkylation sites (N-methyl/N-ethyl adjacent to an activating group) is 1. The highest BCUT2D eigenvalue weighted by atomic mass is 32.2. The molecule has 0 spiro atoms. The smallest absolute Gasteiger partial charge is 0.387 e. The summed E-state index contributed by atoms with van der Waals surface area (Å²) < 4.78 is 57.4. The molecule has 0 aromatic heterocycles. The number of halogens is 2. The number of allylic oxidation sites excluding steroid dienone is 1. The number of benzene rings is 1. The van der Waals surface area contributed by atoms with Crippen molar-refractivity contribution in [1.29, 1.82) is 0 Å². The predicted octanol–water partition coefficient (Wildman–Crippen LogP) is 2.98. The van der Waals surface area contributed by atoms with Gasteiger partial charge < -0.3 is 9.64 Å². The zero-order valence-electron chi connectivity index (χ0n) is 14.7. The quantitative estimate of drug-likeness (QED) is 0.817. The minimum atomic E-state index is -3.55. The molecule has 1 fully saturated rings. The molecule has 3 rings (SSSR count). The van der Waals surface area contributed by atoms with Gasteiger partial charge in [0.2, 0.25) is 10.0 Å². The molecular weight excluding hydrogens is 362 g/mol. The lowest BCUT2D eigenvalue weighted by Crippen LogP contribution is -2.47. The Bertz CT molecular complexity index is 781. The standard InChI is InChI=1S/C18H24F2N2O3S/c1-2-22-9-3-4-15(12-22)21-26(23,24)17-8-6-13-10-16(25-18(19)20)7-5-14(13)11-17/h5,7,10-11,15,18,21H,2-4,6,8-9,12H2,1H3/t15-/m1/s1. The molecule has 0 unspecified atom stereocenters. The molecule has 0 radical (unpaired) electrons. The topological polar surface area (TPSA) is 58.6 Å². The third kappa shape index (κ3) is 4.61. The lowest BCUT2D eigenvalue weighted by atomic mass is 9.97. The zero-order chi connectivity index (χ0) is 18.7. The number of hydrogen-bond acceptors (Lipinski definition) is 4. The van der Waals surface area contributed by atoms with Crippen LogP contribution >= 0.6 is 0 Å². The van der Waals surface area contributed by atoms with E-state index < -0.39 is 16.6 Å². The largest absolute Gasteiger partial charge is 0.435 e. The Morgan fingerprint density at radius 1 is 1.35 bits per heavy atom. The second-order valence-electron chi connectivity index (χ2n) is 6.70. The second kappa shape index (κ2) is 8.02. The first-order valence-corrected chi connectivity index (χ1v) is 10.4. The van der Waals surface area contributed by atoms with Gasteiger partial charge in [-0.2, -0.15) is 8.78 Å². The van der Waals surface area contributed by atoms with Crippen LogP contribution in [0.4, 0.5) is 8.78 Å². The van der Waals surface area contributed by atoms with Crippen molar-refractivity contribution in [3.05, 3.63) is 34.2 Å². The maximum Gasteiger partial charge on any atom is 0.387 e. The number of fused-ring (bicyclic) bond motifs is 1. The van der Waals surface area contributed by atoms with Crippen molar-refractivity contribution in [2.75, 3.05) is 19.6 Å². The highest BCUT2D eigenvalue weighted by Crippen LogP contribution is 2.30. The van der Waals surface area contributed by atoms with Crippen LogP contribution in [0.15, 0.2) is 23.1 Å². The van der Waals surface area contributed by atoms with E-state index in [-0.39, 0.29) is 11.8 Å². The number of nitrogens with one attached hydrogen (secondary N) is 1. The van der Waals surface area contributed by atoms with Crippen LogP contribution in [0, 0.1) is 0 Å². The van der Waals surface area contributed by atoms with Crippen molar-refractivity contribution in [2.45, 2.75) is 45.3 Å². The average molecular weight is 386 g/mol. The normalized spacial score (nSPS) is 21.4. The van der Waals surface area contributed by atoms with E-state index in [1.54, 1.807) is 18.2 Å². The fourth-order valence-electron chi connectivity index (χ4n) is 3.57. The van der Waals surface area contributed by atoms with Gasteiger partial charge in [0, 0.05) is 12.6 Å². The number of aryl methyl sites for hydroxylation is 1. The fourth-order valence-corrected chi connectivity index (χ4v) is 5.00. The van der Waals surface area contributed by atoms with Gasteiger partial charge >= 0.3 is 6.61 Å². The highest BCUT2D eigenvalue weighted by molar-refractivity contribution is 7.93. The van der Waals surface area contributed by atoms with Gasteiger partial charge in [0.15, 0.2) is 0 Å². The number of alkyl halides is 2. The first-order chi connectivity index (χ1) is 12.4. The number of likely N-dealkylation sites (tertiary alicyclic amines) is 1. The van der Waals surface area contributed by atoms with E-state index in [1.165, 1.54) is 6.07 Å². The molecule has 26 heavy (non-hydrogen) atoms. The van der Waals surface area contributed by atoms with Crippen molar-refractivity contribution in [1.82, 2.24) is 9.62 Å². The highest BCUT2D eigenvalue weighted by Gasteiger charge is 2.27. The van der Waals surface area contributed by atoms with Gasteiger partial charge in [-0.25, -0.2) is 13.1 Å². The molecule has 0 amide bonds. The number of ether oxygens (including phenoxy) is 1. The van der Waals surface area contributed by atoms with Gasteiger partial charge in [-0.1, -0.05) is 13.0 Å². The van der Waals surface area contributed by atoms with E-state index >= 15 is 0 Å². The average Bonchev–Trinajstić information content (AvgIpc) is 2.60. The molecule has 1 N–H and O–H groups in total. The van der Waals surface area contributed by atoms with Crippen LogP contribution in [-0.4, -0.2) is 45.6 Å². The third-order valence-electron chi connectivity index (χ3n) is 4.92. The van der Waals surface area contributed by atoms with Gasteiger partial charge in [-0.3, -0.25) is 0 Å². The van der Waals surface area contributed by atoms with Crippen LogP contribution in [0.1, 0.15) is 37.3 Å². The predicted molar refractivity (Wildman–Crippen MR) is 96.6 cm³/mol. The number of piperidine rings is 1. The number of rotatable bonds is 6. The van der Waals surface area contributed by atoms with Crippen LogP contribution in [0.2, 0.25) is 0 Å². The summed E-state index contributed by atoms with van der Waals surface area (Å²) in [5, 5.41) is 0. The zero-order valence-corrected chi connectivity index (χ0v) is 15.6. The van der Waals surface area contributed by atoms with E-state index in [0.717, 1.165) is 43.6 Å². The maximum atomic E-state index is 12.7. The summed E-state index contributed by atoms with van der Waals surface area (Å²) in [5.41, 5.74) is 1.55. The van der Waals surface area contributed by atoms with Crippen LogP contribution in [0.5, 0.6) is 5.75 Å². The second-order valence-corrected chi connectivity index (χ2v) is 8.47. The van der Waals surface area contributed by atoms with Crippen molar-refractivity contribution in [2.24, 2.45) is 0 Å². The molecular formula is C18H24F2N2O3S. The Hall–Kier alpha value is -1.51. The Kier molecular flexibility index (Phi) is 5.94. The first kappa shape index (κ1) is 19.3. The molecule has 5 nitrogen and oxygen atoms in total. The SMILES string of the molecule is CCN1CCC[C@@H](NS(=O)(=O)C2=Cc3ccc(OC(F)F)cc3CC2)C1. The van der Waals surface area contributed by atoms with Crippen LogP contribution < -0.4 is 9.46 Å². The molecule has 0 bridgehead atoms. The fraction of sp³-hybridized carbons (Fsp3) is 0.556. The van der Waals surface area contributed by atoms with Gasteiger partial charge in [-0.15, -0.1) is 0 Å². The molecule has 1 aromatic rings. The molecule has 1 heterocycles. The summed E-state index contributed by atoms with van der Waals surface area (Å²) in [6.45, 7) is 1.85. The summed E-state index contributed by atoms with van der Waals surface area (Å²) in [6.07, 6.45) is 4.29. The van der Waals surface area contributed by atoms with Gasteiger partial charge in [0.1, 0.15) is 5.75 Å². The van der Waals surface area contributed by atoms with Gasteiger partial charge in [0.25, 0.3) is 0 Å². The van der Waals surface area contributed by atoms with Crippen LogP contribution in [-0.2, 0) is 16.4 Å². The van der Waals surface area contributed by atoms with Crippen molar-refractivity contribution >= 4 is 16.1 Å². The summed E-state index contributed by atoms with van der Waals surface area (Å²) in [7, 11) is -3.55. The number of nitrogens with zero attached hydrogens (tertiary/aromatic N) is 1. The first-order valence-electron chi connectivity index (χ1n) is 8.90. The molecule has 1 aromatic carbocycles. The minimum absolute atomic E-state index is 0.0715. The Labute approximate surface area is 153 Å².